The number of hydrogen-bond donors (Lipinski definition) is 1. The van der Waals surface area contributed by atoms with Crippen molar-refractivity contribution in [2.45, 2.75) is 19.3 Å². The zero-order valence-corrected chi connectivity index (χ0v) is 14.2. The Morgan fingerprint density at radius 2 is 1.96 bits per heavy atom. The van der Waals surface area contributed by atoms with Crippen molar-refractivity contribution in [1.29, 1.82) is 0 Å². The van der Waals surface area contributed by atoms with Crippen LogP contribution >= 0.6 is 11.6 Å². The largest absolute Gasteiger partial charge is 0.573 e. The molecule has 3 rings (SSSR count). The van der Waals surface area contributed by atoms with Gasteiger partial charge in [-0.3, -0.25) is 9.48 Å². The van der Waals surface area contributed by atoms with Gasteiger partial charge in [0, 0.05) is 22.0 Å². The van der Waals surface area contributed by atoms with Gasteiger partial charge in [-0.2, -0.15) is 5.10 Å². The maximum atomic E-state index is 14.1. The van der Waals surface area contributed by atoms with Gasteiger partial charge in [-0.1, -0.05) is 17.7 Å². The average Bonchev–Trinajstić information content (AvgIpc) is 2.85. The van der Waals surface area contributed by atoms with Crippen LogP contribution in [0.25, 0.3) is 10.9 Å². The predicted octanol–water partition coefficient (Wildman–Crippen LogP) is 4.40. The van der Waals surface area contributed by atoms with Crippen LogP contribution in [0.4, 0.5) is 17.6 Å². The third-order valence-electron chi connectivity index (χ3n) is 3.69. The number of fused-ring (bicyclic) bond motifs is 1. The van der Waals surface area contributed by atoms with E-state index in [0.29, 0.717) is 5.39 Å². The molecule has 27 heavy (non-hydrogen) atoms. The highest BCUT2D eigenvalue weighted by atomic mass is 35.5. The number of aromatic nitrogens is 2. The Bertz CT molecular complexity index is 1020. The number of aliphatic carboxylic acids is 1. The Hall–Kier alpha value is -2.81. The van der Waals surface area contributed by atoms with E-state index in [9.17, 15) is 22.4 Å². The van der Waals surface area contributed by atoms with E-state index in [1.165, 1.54) is 22.9 Å². The third kappa shape index (κ3) is 4.48. The highest BCUT2D eigenvalue weighted by molar-refractivity contribution is 6.30. The molecular weight excluding hydrogens is 392 g/mol. The second kappa shape index (κ2) is 7.07. The van der Waals surface area contributed by atoms with E-state index in [-0.39, 0.29) is 28.3 Å². The van der Waals surface area contributed by atoms with Crippen molar-refractivity contribution in [3.8, 4) is 5.75 Å². The summed E-state index contributed by atoms with van der Waals surface area (Å²) in [7, 11) is 0. The molecule has 0 spiro atoms. The fraction of sp³-hybridized carbons (Fsp3) is 0.176. The standard InChI is InChI=1S/C17H11ClF4N2O3/c18-10-2-1-9(13(19)5-10)8-24-15-6-11(27-17(20,21)22)3-4-12(15)14(23-24)7-16(25)26/h1-6H,7-8H2,(H,25,26). The molecule has 0 radical (unpaired) electrons. The smallest absolute Gasteiger partial charge is 0.481 e. The van der Waals surface area contributed by atoms with E-state index in [4.69, 9.17) is 16.7 Å². The Balaban J connectivity index is 2.08. The second-order valence-electron chi connectivity index (χ2n) is 5.64. The number of halogens is 5. The molecule has 0 bridgehead atoms. The Morgan fingerprint density at radius 1 is 1.22 bits per heavy atom. The minimum Gasteiger partial charge on any atom is -0.481 e. The number of carbonyl (C=O) groups is 1. The van der Waals surface area contributed by atoms with Crippen LogP contribution < -0.4 is 4.74 Å². The normalized spacial score (nSPS) is 11.7. The van der Waals surface area contributed by atoms with Gasteiger partial charge in [0.15, 0.2) is 0 Å². The summed E-state index contributed by atoms with van der Waals surface area (Å²) < 4.78 is 56.6. The number of alkyl halides is 3. The summed E-state index contributed by atoms with van der Waals surface area (Å²) in [5.74, 6) is -2.27. The molecule has 0 aliphatic carbocycles. The van der Waals surface area contributed by atoms with Crippen LogP contribution in [0.3, 0.4) is 0 Å². The number of ether oxygens (including phenoxy) is 1. The van der Waals surface area contributed by atoms with Gasteiger partial charge in [0.2, 0.25) is 0 Å². The molecule has 0 saturated carbocycles. The molecule has 0 fully saturated rings. The topological polar surface area (TPSA) is 64.3 Å². The van der Waals surface area contributed by atoms with Crippen LogP contribution in [0, 0.1) is 5.82 Å². The first kappa shape index (κ1) is 19.0. The molecular formula is C17H11ClF4N2O3. The number of hydrogen-bond acceptors (Lipinski definition) is 3. The monoisotopic (exact) mass is 402 g/mol. The molecule has 0 saturated heterocycles. The van der Waals surface area contributed by atoms with Gasteiger partial charge in [0.1, 0.15) is 11.6 Å². The summed E-state index contributed by atoms with van der Waals surface area (Å²) in [6, 6.07) is 7.40. The van der Waals surface area contributed by atoms with Gasteiger partial charge in [-0.05, 0) is 24.3 Å². The first-order chi connectivity index (χ1) is 12.6. The number of rotatable bonds is 5. The lowest BCUT2D eigenvalue weighted by molar-refractivity contribution is -0.274. The molecule has 0 amide bonds. The van der Waals surface area contributed by atoms with Crippen molar-refractivity contribution in [3.63, 3.8) is 0 Å². The van der Waals surface area contributed by atoms with E-state index in [1.807, 2.05) is 0 Å². The molecule has 0 aliphatic heterocycles. The zero-order valence-electron chi connectivity index (χ0n) is 13.4. The number of carboxylic acids is 1. The van der Waals surface area contributed by atoms with Gasteiger partial charge < -0.3 is 9.84 Å². The summed E-state index contributed by atoms with van der Waals surface area (Å²) in [4.78, 5) is 11.0. The first-order valence-electron chi connectivity index (χ1n) is 7.53. The van der Waals surface area contributed by atoms with Crippen LogP contribution in [-0.2, 0) is 17.8 Å². The molecule has 0 atom stereocenters. The highest BCUT2D eigenvalue weighted by Crippen LogP contribution is 2.29. The maximum absolute atomic E-state index is 14.1. The van der Waals surface area contributed by atoms with Gasteiger partial charge in [0.25, 0.3) is 0 Å². The van der Waals surface area contributed by atoms with Crippen LogP contribution in [0.15, 0.2) is 36.4 Å². The zero-order chi connectivity index (χ0) is 19.8. The van der Waals surface area contributed by atoms with Crippen molar-refractivity contribution in [1.82, 2.24) is 9.78 Å². The van der Waals surface area contributed by atoms with Crippen LogP contribution in [0.5, 0.6) is 5.75 Å². The number of nitrogens with zero attached hydrogens (tertiary/aromatic N) is 2. The molecule has 1 N–H and O–H groups in total. The summed E-state index contributed by atoms with van der Waals surface area (Å²) in [5.41, 5.74) is 0.514. The minimum atomic E-state index is -4.88. The lowest BCUT2D eigenvalue weighted by Crippen LogP contribution is -2.17. The van der Waals surface area contributed by atoms with E-state index in [0.717, 1.165) is 18.2 Å². The summed E-state index contributed by atoms with van der Waals surface area (Å²) in [6.45, 7) is -0.130. The maximum Gasteiger partial charge on any atom is 0.573 e. The van der Waals surface area contributed by atoms with Gasteiger partial charge >= 0.3 is 12.3 Å². The second-order valence-corrected chi connectivity index (χ2v) is 6.07. The Kier molecular flexibility index (Phi) is 4.97. The molecule has 2 aromatic carbocycles. The fourth-order valence-corrected chi connectivity index (χ4v) is 2.78. The Morgan fingerprint density at radius 3 is 2.59 bits per heavy atom. The lowest BCUT2D eigenvalue weighted by atomic mass is 10.1. The molecule has 0 aliphatic rings. The lowest BCUT2D eigenvalue weighted by Gasteiger charge is -2.10. The van der Waals surface area contributed by atoms with Crippen molar-refractivity contribution in [2.75, 3.05) is 0 Å². The quantitative estimate of drug-likeness (QED) is 0.642. The van der Waals surface area contributed by atoms with E-state index < -0.39 is 30.3 Å². The van der Waals surface area contributed by atoms with Gasteiger partial charge in [-0.25, -0.2) is 4.39 Å². The van der Waals surface area contributed by atoms with Gasteiger partial charge in [-0.15, -0.1) is 13.2 Å². The minimum absolute atomic E-state index is 0.130. The fourth-order valence-electron chi connectivity index (χ4n) is 2.63. The van der Waals surface area contributed by atoms with Crippen molar-refractivity contribution in [2.24, 2.45) is 0 Å². The predicted molar refractivity (Wildman–Crippen MR) is 88.3 cm³/mol. The molecule has 5 nitrogen and oxygen atoms in total. The average molecular weight is 403 g/mol. The SMILES string of the molecule is O=C(O)Cc1nn(Cc2ccc(Cl)cc2F)c2cc(OC(F)(F)F)ccc12. The van der Waals surface area contributed by atoms with Crippen molar-refractivity contribution >= 4 is 28.5 Å². The van der Waals surface area contributed by atoms with E-state index in [2.05, 4.69) is 9.84 Å². The van der Waals surface area contributed by atoms with Crippen molar-refractivity contribution in [3.05, 3.63) is 58.5 Å². The van der Waals surface area contributed by atoms with Crippen molar-refractivity contribution < 1.29 is 32.2 Å². The molecule has 0 unspecified atom stereocenters. The molecule has 1 aromatic heterocycles. The van der Waals surface area contributed by atoms with E-state index >= 15 is 0 Å². The highest BCUT2D eigenvalue weighted by Gasteiger charge is 2.31. The summed E-state index contributed by atoms with van der Waals surface area (Å²) >= 11 is 5.71. The molecule has 142 valence electrons. The number of benzene rings is 2. The number of carboxylic acid groups (broad SMARTS) is 1. The van der Waals surface area contributed by atoms with Crippen LogP contribution in [0.1, 0.15) is 11.3 Å². The third-order valence-corrected chi connectivity index (χ3v) is 3.92. The van der Waals surface area contributed by atoms with E-state index in [1.54, 1.807) is 0 Å². The van der Waals surface area contributed by atoms with Crippen LogP contribution in [-0.4, -0.2) is 27.2 Å². The van der Waals surface area contributed by atoms with Crippen LogP contribution in [0.2, 0.25) is 5.02 Å². The molecule has 3 aromatic rings. The molecule has 1 heterocycles. The molecule has 10 heteroatoms. The Labute approximate surface area is 154 Å². The summed E-state index contributed by atoms with van der Waals surface area (Å²) in [6.07, 6.45) is -5.32. The van der Waals surface area contributed by atoms with Gasteiger partial charge in [0.05, 0.1) is 24.2 Å². The first-order valence-corrected chi connectivity index (χ1v) is 7.91. The summed E-state index contributed by atoms with van der Waals surface area (Å²) in [5, 5.41) is 13.7.